The van der Waals surface area contributed by atoms with Gasteiger partial charge in [0.2, 0.25) is 5.13 Å². The third-order valence-corrected chi connectivity index (χ3v) is 5.93. The van der Waals surface area contributed by atoms with Gasteiger partial charge >= 0.3 is 0 Å². The maximum atomic E-state index is 12.2. The molecule has 1 N–H and O–H groups in total. The van der Waals surface area contributed by atoms with Crippen molar-refractivity contribution in [3.63, 3.8) is 0 Å². The number of carbonyl (C=O) groups is 1. The van der Waals surface area contributed by atoms with E-state index in [2.05, 4.69) is 22.4 Å². The van der Waals surface area contributed by atoms with Gasteiger partial charge in [-0.1, -0.05) is 41.6 Å². The van der Waals surface area contributed by atoms with E-state index < -0.39 is 6.10 Å². The molecule has 130 valence electrons. The van der Waals surface area contributed by atoms with Crippen molar-refractivity contribution in [3.05, 3.63) is 28.3 Å². The molecule has 2 aromatic rings. The summed E-state index contributed by atoms with van der Waals surface area (Å²) < 4.78 is 6.57. The van der Waals surface area contributed by atoms with Gasteiger partial charge in [-0.3, -0.25) is 10.1 Å². The van der Waals surface area contributed by atoms with Crippen LogP contribution in [0.1, 0.15) is 31.4 Å². The van der Waals surface area contributed by atoms with Gasteiger partial charge < -0.3 is 4.74 Å². The summed E-state index contributed by atoms with van der Waals surface area (Å²) in [6.07, 6.45) is 0.414. The number of benzene rings is 1. The van der Waals surface area contributed by atoms with Gasteiger partial charge in [0.05, 0.1) is 0 Å². The zero-order chi connectivity index (χ0) is 17.7. The Morgan fingerprint density at radius 1 is 1.38 bits per heavy atom. The van der Waals surface area contributed by atoms with Gasteiger partial charge in [0.25, 0.3) is 5.91 Å². The highest BCUT2D eigenvalue weighted by molar-refractivity contribution is 8.01. The average Bonchev–Trinajstić information content (AvgIpc) is 2.97. The molecule has 0 radical (unpaired) electrons. The van der Waals surface area contributed by atoms with Crippen molar-refractivity contribution in [1.82, 2.24) is 10.2 Å². The van der Waals surface area contributed by atoms with E-state index in [9.17, 15) is 4.79 Å². The molecule has 0 spiro atoms. The summed E-state index contributed by atoms with van der Waals surface area (Å²) in [5.74, 6) is 1.34. The number of thioether (sulfide) groups is 1. The lowest BCUT2D eigenvalue weighted by Gasteiger charge is -2.15. The van der Waals surface area contributed by atoms with E-state index in [1.54, 1.807) is 18.7 Å². The number of amides is 1. The number of ether oxygens (including phenoxy) is 1. The van der Waals surface area contributed by atoms with E-state index in [1.165, 1.54) is 11.3 Å². The lowest BCUT2D eigenvalue weighted by atomic mass is 10.1. The zero-order valence-electron chi connectivity index (χ0n) is 14.1. The molecule has 8 heteroatoms. The first-order valence-electron chi connectivity index (χ1n) is 7.61. The summed E-state index contributed by atoms with van der Waals surface area (Å²) in [6, 6.07) is 3.65. The minimum atomic E-state index is -0.652. The van der Waals surface area contributed by atoms with E-state index in [1.807, 2.05) is 26.0 Å². The first-order chi connectivity index (χ1) is 11.4. The Labute approximate surface area is 155 Å². The smallest absolute Gasteiger partial charge is 0.266 e. The van der Waals surface area contributed by atoms with Crippen molar-refractivity contribution in [3.8, 4) is 5.75 Å². The molecule has 0 saturated carbocycles. The second-order valence-corrected chi connectivity index (χ2v) is 8.04. The molecule has 5 nitrogen and oxygen atoms in total. The Morgan fingerprint density at radius 3 is 2.67 bits per heavy atom. The maximum absolute atomic E-state index is 12.2. The van der Waals surface area contributed by atoms with Crippen LogP contribution in [0.25, 0.3) is 0 Å². The number of halogens is 1. The molecule has 1 amide bonds. The Kier molecular flexibility index (Phi) is 6.89. The molecule has 1 atom stereocenters. The topological polar surface area (TPSA) is 64.1 Å². The first kappa shape index (κ1) is 19.0. The zero-order valence-corrected chi connectivity index (χ0v) is 16.4. The molecule has 2 rings (SSSR count). The molecule has 0 saturated heterocycles. The average molecular weight is 386 g/mol. The van der Waals surface area contributed by atoms with Gasteiger partial charge in [0.15, 0.2) is 10.4 Å². The second-order valence-electron chi connectivity index (χ2n) is 5.34. The summed E-state index contributed by atoms with van der Waals surface area (Å²) in [5.41, 5.74) is 1.84. The van der Waals surface area contributed by atoms with Crippen LogP contribution in [-0.4, -0.2) is 28.0 Å². The molecule has 1 heterocycles. The number of aryl methyl sites for hydroxylation is 2. The molecule has 1 aromatic carbocycles. The number of hydrogen-bond acceptors (Lipinski definition) is 6. The van der Waals surface area contributed by atoms with Gasteiger partial charge in [0.1, 0.15) is 5.75 Å². The fourth-order valence-corrected chi connectivity index (χ4v) is 3.74. The van der Waals surface area contributed by atoms with E-state index in [0.29, 0.717) is 15.9 Å². The van der Waals surface area contributed by atoms with Gasteiger partial charge in [-0.2, -0.15) is 0 Å². The Hall–Kier alpha value is -1.31. The van der Waals surface area contributed by atoms with E-state index in [4.69, 9.17) is 16.3 Å². The molecule has 0 aliphatic carbocycles. The van der Waals surface area contributed by atoms with Gasteiger partial charge in [0, 0.05) is 10.8 Å². The van der Waals surface area contributed by atoms with Crippen molar-refractivity contribution in [1.29, 1.82) is 0 Å². The van der Waals surface area contributed by atoms with Crippen molar-refractivity contribution < 1.29 is 9.53 Å². The van der Waals surface area contributed by atoms with E-state index in [0.717, 1.165) is 27.6 Å². The fourth-order valence-electron chi connectivity index (χ4n) is 1.95. The molecular formula is C16H20ClN3O2S2. The van der Waals surface area contributed by atoms with Crippen LogP contribution in [0.4, 0.5) is 5.13 Å². The second kappa shape index (κ2) is 8.69. The summed E-state index contributed by atoms with van der Waals surface area (Å²) in [6.45, 7) is 7.62. The highest BCUT2D eigenvalue weighted by Gasteiger charge is 2.18. The molecule has 0 bridgehead atoms. The van der Waals surface area contributed by atoms with Gasteiger partial charge in [-0.05, 0) is 50.5 Å². The predicted molar refractivity (Wildman–Crippen MR) is 101 cm³/mol. The molecule has 0 aliphatic rings. The molecular weight excluding hydrogens is 366 g/mol. The third-order valence-electron chi connectivity index (χ3n) is 3.16. The minimum absolute atomic E-state index is 0.261. The van der Waals surface area contributed by atoms with Crippen LogP contribution in [0, 0.1) is 13.8 Å². The lowest BCUT2D eigenvalue weighted by molar-refractivity contribution is -0.122. The Bertz CT molecular complexity index is 698. The molecule has 0 unspecified atom stereocenters. The normalized spacial score (nSPS) is 12.0. The lowest BCUT2D eigenvalue weighted by Crippen LogP contribution is -2.30. The predicted octanol–water partition coefficient (Wildman–Crippen LogP) is 4.72. The summed E-state index contributed by atoms with van der Waals surface area (Å²) in [5, 5.41) is 12.0. The standard InChI is InChI=1S/C16H20ClN3O2S2/c1-5-6-23-16-20-19-15(24-16)18-14(21)11(4)22-12-7-9(2)13(17)10(3)8-12/h7-8,11H,5-6H2,1-4H3,(H,18,19,21)/t11-/m1/s1. The van der Waals surface area contributed by atoms with Crippen molar-refractivity contribution in [2.75, 3.05) is 11.1 Å². The summed E-state index contributed by atoms with van der Waals surface area (Å²) in [4.78, 5) is 12.2. The highest BCUT2D eigenvalue weighted by Crippen LogP contribution is 2.28. The number of rotatable bonds is 7. The van der Waals surface area contributed by atoms with Crippen molar-refractivity contribution >= 4 is 45.7 Å². The van der Waals surface area contributed by atoms with Crippen LogP contribution in [-0.2, 0) is 4.79 Å². The first-order valence-corrected chi connectivity index (χ1v) is 9.79. The summed E-state index contributed by atoms with van der Waals surface area (Å²) in [7, 11) is 0. The largest absolute Gasteiger partial charge is 0.481 e. The number of nitrogens with zero attached hydrogens (tertiary/aromatic N) is 2. The molecule has 24 heavy (non-hydrogen) atoms. The van der Waals surface area contributed by atoms with E-state index >= 15 is 0 Å². The monoisotopic (exact) mass is 385 g/mol. The summed E-state index contributed by atoms with van der Waals surface area (Å²) >= 11 is 9.15. The number of anilines is 1. The van der Waals surface area contributed by atoms with Crippen LogP contribution in [0.15, 0.2) is 16.5 Å². The number of hydrogen-bond donors (Lipinski definition) is 1. The van der Waals surface area contributed by atoms with Crippen LogP contribution in [0.5, 0.6) is 5.75 Å². The van der Waals surface area contributed by atoms with Crippen LogP contribution in [0.2, 0.25) is 5.02 Å². The highest BCUT2D eigenvalue weighted by atomic mass is 35.5. The van der Waals surface area contributed by atoms with Crippen molar-refractivity contribution in [2.45, 2.75) is 44.6 Å². The van der Waals surface area contributed by atoms with Crippen LogP contribution < -0.4 is 10.1 Å². The van der Waals surface area contributed by atoms with Crippen LogP contribution in [0.3, 0.4) is 0 Å². The SMILES string of the molecule is CCCSc1nnc(NC(=O)[C@@H](C)Oc2cc(C)c(Cl)c(C)c2)s1. The molecule has 1 aromatic heterocycles. The number of carbonyl (C=O) groups excluding carboxylic acids is 1. The van der Waals surface area contributed by atoms with Gasteiger partial charge in [-0.25, -0.2) is 0 Å². The third kappa shape index (κ3) is 5.09. The number of nitrogens with one attached hydrogen (secondary N) is 1. The Morgan fingerprint density at radius 2 is 2.04 bits per heavy atom. The quantitative estimate of drug-likeness (QED) is 0.552. The van der Waals surface area contributed by atoms with E-state index in [-0.39, 0.29) is 5.91 Å². The van der Waals surface area contributed by atoms with Crippen molar-refractivity contribution in [2.24, 2.45) is 0 Å². The van der Waals surface area contributed by atoms with Crippen LogP contribution >= 0.6 is 34.7 Å². The molecule has 0 aliphatic heterocycles. The minimum Gasteiger partial charge on any atom is -0.481 e. The fraction of sp³-hybridized carbons (Fsp3) is 0.438. The molecule has 0 fully saturated rings. The number of aromatic nitrogens is 2. The Balaban J connectivity index is 1.96. The van der Waals surface area contributed by atoms with Gasteiger partial charge in [-0.15, -0.1) is 10.2 Å². The maximum Gasteiger partial charge on any atom is 0.266 e.